The number of aromatic nitrogens is 3. The predicted octanol–water partition coefficient (Wildman–Crippen LogP) is 14.1. The molecule has 0 amide bonds. The van der Waals surface area contributed by atoms with Crippen LogP contribution in [0, 0.1) is 0 Å². The van der Waals surface area contributed by atoms with Crippen molar-refractivity contribution in [2.24, 2.45) is 0 Å². The predicted molar refractivity (Wildman–Crippen MR) is 235 cm³/mol. The van der Waals surface area contributed by atoms with Crippen molar-refractivity contribution in [2.75, 3.05) is 0 Å². The van der Waals surface area contributed by atoms with Crippen molar-refractivity contribution in [3.8, 4) is 67.5 Å². The van der Waals surface area contributed by atoms with Crippen molar-refractivity contribution >= 4 is 43.5 Å². The molecule has 0 spiro atoms. The van der Waals surface area contributed by atoms with Crippen molar-refractivity contribution in [2.45, 2.75) is 0 Å². The lowest BCUT2D eigenvalue weighted by molar-refractivity contribution is 0.669. The zero-order valence-electron chi connectivity index (χ0n) is 36.3. The summed E-state index contributed by atoms with van der Waals surface area (Å²) in [6, 6.07) is 51.1. The fourth-order valence-electron chi connectivity index (χ4n) is 7.70. The van der Waals surface area contributed by atoms with E-state index in [1.807, 2.05) is 91.0 Å². The second-order valence-electron chi connectivity index (χ2n) is 13.9. The summed E-state index contributed by atoms with van der Waals surface area (Å²) in [5, 5.41) is 4.24. The molecule has 0 bridgehead atoms. The van der Waals surface area contributed by atoms with Crippen LogP contribution in [-0.2, 0) is 0 Å². The molecular weight excluding hydrogens is 695 g/mol. The van der Waals surface area contributed by atoms with E-state index in [0.29, 0.717) is 39.7 Å². The van der Waals surface area contributed by atoms with Gasteiger partial charge >= 0.3 is 0 Å². The van der Waals surface area contributed by atoms with Crippen molar-refractivity contribution in [3.63, 3.8) is 0 Å². The molecule has 2 aromatic heterocycles. The van der Waals surface area contributed by atoms with Gasteiger partial charge in [-0.3, -0.25) is 0 Å². The lowest BCUT2D eigenvalue weighted by Crippen LogP contribution is -2.00. The van der Waals surface area contributed by atoms with E-state index >= 15 is 0 Å². The number of hydrogen-bond donors (Lipinski definition) is 0. The van der Waals surface area contributed by atoms with Gasteiger partial charge < -0.3 is 4.42 Å². The van der Waals surface area contributed by atoms with E-state index in [0.717, 1.165) is 49.4 Å². The summed E-state index contributed by atoms with van der Waals surface area (Å²) >= 11 is 0. The monoisotopic (exact) mass is 733 g/mol. The summed E-state index contributed by atoms with van der Waals surface area (Å²) in [4.78, 5) is 15.4. The molecule has 0 unspecified atom stereocenters. The smallest absolute Gasteiger partial charge is 0.164 e. The molecule has 266 valence electrons. The number of hydrogen-bond acceptors (Lipinski definition) is 4. The van der Waals surface area contributed by atoms with Gasteiger partial charge in [0.2, 0.25) is 0 Å². The summed E-state index contributed by atoms with van der Waals surface area (Å²) in [5.74, 6) is 1.22. The highest BCUT2D eigenvalue weighted by Gasteiger charge is 2.19. The van der Waals surface area contributed by atoms with Crippen LogP contribution in [0.15, 0.2) is 204 Å². The molecule has 0 N–H and O–H groups in total. The van der Waals surface area contributed by atoms with Gasteiger partial charge in [-0.25, -0.2) is 15.0 Å². The molecule has 11 aromatic rings. The summed E-state index contributed by atoms with van der Waals surface area (Å²) in [7, 11) is 0. The first-order valence-corrected chi connectivity index (χ1v) is 18.7. The van der Waals surface area contributed by atoms with E-state index in [2.05, 4.69) is 42.5 Å². The molecule has 9 aromatic carbocycles. The minimum absolute atomic E-state index is 0.143. The Morgan fingerprint density at radius 3 is 1.68 bits per heavy atom. The summed E-state index contributed by atoms with van der Waals surface area (Å²) in [6.45, 7) is 0. The van der Waals surface area contributed by atoms with Crippen LogP contribution < -0.4 is 0 Å². The average Bonchev–Trinajstić information content (AvgIpc) is 3.72. The third kappa shape index (κ3) is 5.83. The molecule has 0 saturated carbocycles. The van der Waals surface area contributed by atoms with Crippen LogP contribution >= 0.6 is 0 Å². The molecule has 0 radical (unpaired) electrons. The van der Waals surface area contributed by atoms with Gasteiger partial charge in [0.1, 0.15) is 11.2 Å². The molecule has 0 fully saturated rings. The molecule has 0 aliphatic carbocycles. The third-order valence-corrected chi connectivity index (χ3v) is 10.5. The number of benzene rings is 9. The highest BCUT2D eigenvalue weighted by atomic mass is 16.3. The van der Waals surface area contributed by atoms with Crippen LogP contribution in [0.3, 0.4) is 0 Å². The Hall–Kier alpha value is -7.69. The first kappa shape index (κ1) is 27.0. The van der Waals surface area contributed by atoms with Gasteiger partial charge in [0.15, 0.2) is 17.5 Å². The van der Waals surface area contributed by atoms with Crippen LogP contribution in [0.25, 0.3) is 111 Å². The first-order chi connectivity index (χ1) is 30.7. The minimum atomic E-state index is -0.417. The molecule has 0 aliphatic rings. The molecule has 4 heteroatoms. The number of furan rings is 1. The molecule has 0 atom stereocenters. The summed E-state index contributed by atoms with van der Waals surface area (Å²) < 4.78 is 60.5. The van der Waals surface area contributed by atoms with Gasteiger partial charge in [-0.15, -0.1) is 0 Å². The lowest BCUT2D eigenvalue weighted by atomic mass is 9.91. The van der Waals surface area contributed by atoms with E-state index in [4.69, 9.17) is 24.9 Å². The molecule has 4 nitrogen and oxygen atoms in total. The summed E-state index contributed by atoms with van der Waals surface area (Å²) in [6.07, 6.45) is 0. The Morgan fingerprint density at radius 1 is 0.351 bits per heavy atom. The molecule has 11 rings (SSSR count). The number of para-hydroxylation sites is 1. The Labute approximate surface area is 337 Å². The van der Waals surface area contributed by atoms with Gasteiger partial charge in [-0.2, -0.15) is 0 Å². The topological polar surface area (TPSA) is 51.8 Å². The van der Waals surface area contributed by atoms with Crippen LogP contribution in [0.5, 0.6) is 0 Å². The second kappa shape index (κ2) is 13.6. The molecule has 0 saturated heterocycles. The van der Waals surface area contributed by atoms with Crippen LogP contribution in [-0.4, -0.2) is 15.0 Å². The van der Waals surface area contributed by atoms with Gasteiger partial charge in [0, 0.05) is 27.5 Å². The van der Waals surface area contributed by atoms with E-state index in [-0.39, 0.29) is 46.1 Å². The zero-order chi connectivity index (χ0) is 42.9. The van der Waals surface area contributed by atoms with Gasteiger partial charge in [-0.1, -0.05) is 170 Å². The van der Waals surface area contributed by atoms with E-state index in [1.54, 1.807) is 30.3 Å². The van der Waals surface area contributed by atoms with Crippen molar-refractivity contribution in [3.05, 3.63) is 200 Å². The van der Waals surface area contributed by atoms with Crippen molar-refractivity contribution in [1.29, 1.82) is 0 Å². The minimum Gasteiger partial charge on any atom is -0.456 e. The zero-order valence-corrected chi connectivity index (χ0v) is 30.3. The Morgan fingerprint density at radius 2 is 0.912 bits per heavy atom. The largest absolute Gasteiger partial charge is 0.456 e. The van der Waals surface area contributed by atoms with Crippen LogP contribution in [0.4, 0.5) is 0 Å². The Balaban J connectivity index is 1.14. The van der Waals surface area contributed by atoms with Crippen molar-refractivity contribution < 1.29 is 12.6 Å². The van der Waals surface area contributed by atoms with Crippen LogP contribution in [0.2, 0.25) is 0 Å². The summed E-state index contributed by atoms with van der Waals surface area (Å²) in [5.41, 5.74) is 7.33. The standard InChI is InChI=1S/C53H33N3O/c1-3-13-34(14-4-1)37-27-25-35-26-28-40(33-41(35)31-37)52-54-51(55-53(56-52)47-22-12-24-49-50(47)46-21-9-10-23-48(46)57-49)39-18-11-17-38(32-39)43-30-29-42(36-15-5-2-6-16-36)44-19-7-8-20-45(43)44/h1-33H/i7D,8D,19D,20D,29D,30D. The van der Waals surface area contributed by atoms with Gasteiger partial charge in [-0.05, 0) is 85.3 Å². The van der Waals surface area contributed by atoms with E-state index in [1.165, 1.54) is 0 Å². The van der Waals surface area contributed by atoms with Gasteiger partial charge in [0.25, 0.3) is 0 Å². The maximum atomic E-state index is 9.44. The average molecular weight is 734 g/mol. The number of fused-ring (bicyclic) bond motifs is 5. The maximum Gasteiger partial charge on any atom is 0.164 e. The number of rotatable bonds is 6. The SMILES string of the molecule is [2H]c1c([2H])c([2H])c2c(-c3cccc(-c4nc(-c5ccc6ccc(-c7ccccc7)cc6c5)nc(-c5cccc6oc7ccccc7c56)n4)c3)c([2H])c([2H])c(-c3ccccc3)c2c1[2H]. The van der Waals surface area contributed by atoms with Gasteiger partial charge in [0.05, 0.1) is 8.22 Å². The normalized spacial score (nSPS) is 13.0. The van der Waals surface area contributed by atoms with E-state index < -0.39 is 12.1 Å². The lowest BCUT2D eigenvalue weighted by Gasteiger charge is -2.13. The Bertz CT molecular complexity index is 3650. The molecule has 57 heavy (non-hydrogen) atoms. The third-order valence-electron chi connectivity index (χ3n) is 10.5. The fourth-order valence-corrected chi connectivity index (χ4v) is 7.70. The molecular formula is C53H33N3O. The molecule has 2 heterocycles. The fraction of sp³-hybridized carbons (Fsp3) is 0. The highest BCUT2D eigenvalue weighted by Crippen LogP contribution is 2.39. The van der Waals surface area contributed by atoms with E-state index in [9.17, 15) is 2.74 Å². The maximum absolute atomic E-state index is 9.44. The second-order valence-corrected chi connectivity index (χ2v) is 13.9. The molecule has 0 aliphatic heterocycles. The van der Waals surface area contributed by atoms with Crippen LogP contribution in [0.1, 0.15) is 8.22 Å². The Kier molecular flexibility index (Phi) is 6.42. The highest BCUT2D eigenvalue weighted by molar-refractivity contribution is 6.12. The quantitative estimate of drug-likeness (QED) is 0.171. The first-order valence-electron chi connectivity index (χ1n) is 21.7. The number of nitrogens with zero attached hydrogens (tertiary/aromatic N) is 3. The van der Waals surface area contributed by atoms with Crippen molar-refractivity contribution in [1.82, 2.24) is 15.0 Å².